The van der Waals surface area contributed by atoms with Crippen molar-refractivity contribution < 1.29 is 0 Å². The standard InChI is InChI=1S/C2H5N.CH4NPS/c1-2-3-1;1-2-3-4/h3H,1-2H2;1H3,(H,2,4)/p+1. The van der Waals surface area contributed by atoms with Crippen LogP contribution in [0.5, 0.6) is 0 Å². The monoisotopic (exact) mass is 137 g/mol. The fourth-order valence-electron chi connectivity index (χ4n) is 0. The third-order valence-electron chi connectivity index (χ3n) is 0.352. The van der Waals surface area contributed by atoms with Gasteiger partial charge in [0.25, 0.3) is 0 Å². The summed E-state index contributed by atoms with van der Waals surface area (Å²) in [5.74, 6) is 0. The van der Waals surface area contributed by atoms with Crippen LogP contribution in [0.15, 0.2) is 0 Å². The first-order chi connectivity index (χ1) is 3.41. The second kappa shape index (κ2) is 6.44. The van der Waals surface area contributed by atoms with Gasteiger partial charge in [0, 0.05) is 20.1 Å². The first-order valence-electron chi connectivity index (χ1n) is 2.16. The van der Waals surface area contributed by atoms with Crippen molar-refractivity contribution in [3.05, 3.63) is 0 Å². The average molecular weight is 137 g/mol. The summed E-state index contributed by atoms with van der Waals surface area (Å²) in [6.07, 6.45) is 0. The second-order valence-corrected chi connectivity index (χ2v) is 2.42. The second-order valence-electron chi connectivity index (χ2n) is 1.10. The Morgan fingerprint density at radius 1 is 1.71 bits per heavy atom. The first kappa shape index (κ1) is 7.44. The number of nitrogens with one attached hydrogen (secondary N) is 2. The van der Waals surface area contributed by atoms with Gasteiger partial charge in [-0.2, -0.15) is 0 Å². The lowest BCUT2D eigenvalue weighted by Crippen LogP contribution is -1.77. The molecule has 0 amide bonds. The Kier molecular flexibility index (Phi) is 6.84. The molecule has 1 heterocycles. The molecule has 0 aliphatic carbocycles. The zero-order valence-electron chi connectivity index (χ0n) is 4.32. The maximum atomic E-state index is 4.47. The molecule has 42 valence electrons. The molecule has 0 radical (unpaired) electrons. The molecule has 0 aromatic carbocycles. The van der Waals surface area contributed by atoms with Gasteiger partial charge in [0.15, 0.2) is 11.8 Å². The molecule has 2 nitrogen and oxygen atoms in total. The summed E-state index contributed by atoms with van der Waals surface area (Å²) >= 11 is 4.47. The molecular formula is C3H10N2PS+. The van der Waals surface area contributed by atoms with Crippen LogP contribution in [0.4, 0.5) is 0 Å². The lowest BCUT2D eigenvalue weighted by Gasteiger charge is -1.49. The van der Waals surface area contributed by atoms with Crippen LogP contribution in [-0.4, -0.2) is 20.1 Å². The van der Waals surface area contributed by atoms with Crippen LogP contribution in [0.2, 0.25) is 0 Å². The number of hydrogen-bond acceptors (Lipinski definition) is 2. The Labute approximate surface area is 50.6 Å². The lowest BCUT2D eigenvalue weighted by atomic mass is 11.0. The van der Waals surface area contributed by atoms with Gasteiger partial charge in [-0.15, -0.1) is 5.09 Å². The van der Waals surface area contributed by atoms with E-state index in [1.165, 1.54) is 13.1 Å². The smallest absolute Gasteiger partial charge is 0.249 e. The van der Waals surface area contributed by atoms with E-state index in [0.717, 1.165) is 0 Å². The Bertz CT molecular complexity index is 45.4. The Balaban J connectivity index is 0.000000105. The molecule has 0 aromatic heterocycles. The van der Waals surface area contributed by atoms with E-state index in [1.54, 1.807) is 0 Å². The third kappa shape index (κ3) is 21.3. The molecule has 0 bridgehead atoms. The van der Waals surface area contributed by atoms with Crippen LogP contribution in [-0.2, 0) is 11.8 Å². The van der Waals surface area contributed by atoms with Gasteiger partial charge >= 0.3 is 0 Å². The van der Waals surface area contributed by atoms with Crippen LogP contribution in [0.3, 0.4) is 0 Å². The van der Waals surface area contributed by atoms with Gasteiger partial charge in [-0.25, -0.2) is 0 Å². The molecule has 7 heavy (non-hydrogen) atoms. The summed E-state index contributed by atoms with van der Waals surface area (Å²) in [6, 6.07) is 0. The van der Waals surface area contributed by atoms with Gasteiger partial charge in [0.05, 0.1) is 0 Å². The van der Waals surface area contributed by atoms with Gasteiger partial charge in [0.1, 0.15) is 0 Å². The van der Waals surface area contributed by atoms with Crippen LogP contribution in [0, 0.1) is 0 Å². The van der Waals surface area contributed by atoms with Crippen molar-refractivity contribution in [2.75, 3.05) is 20.1 Å². The van der Waals surface area contributed by atoms with Crippen molar-refractivity contribution in [2.24, 2.45) is 0 Å². The van der Waals surface area contributed by atoms with E-state index in [2.05, 4.69) is 22.2 Å². The van der Waals surface area contributed by atoms with Crippen molar-refractivity contribution in [1.29, 1.82) is 0 Å². The summed E-state index contributed by atoms with van der Waals surface area (Å²) in [7, 11) is 2.31. The van der Waals surface area contributed by atoms with E-state index in [1.807, 2.05) is 7.05 Å². The molecule has 1 unspecified atom stereocenters. The fourth-order valence-corrected chi connectivity index (χ4v) is 0. The highest BCUT2D eigenvalue weighted by Gasteiger charge is 1.91. The minimum Gasteiger partial charge on any atom is -0.314 e. The summed E-state index contributed by atoms with van der Waals surface area (Å²) in [4.78, 5) is 0. The minimum atomic E-state index is 0.474. The molecule has 1 saturated heterocycles. The van der Waals surface area contributed by atoms with E-state index in [-0.39, 0.29) is 0 Å². The molecule has 2 N–H and O–H groups in total. The van der Waals surface area contributed by atoms with Crippen molar-refractivity contribution in [2.45, 2.75) is 0 Å². The molecule has 1 rings (SSSR count). The minimum absolute atomic E-state index is 0.474. The number of rotatable bonds is 1. The van der Waals surface area contributed by atoms with Gasteiger partial charge in [0.2, 0.25) is 7.51 Å². The predicted molar refractivity (Wildman–Crippen MR) is 37.6 cm³/mol. The van der Waals surface area contributed by atoms with Crippen molar-refractivity contribution in [3.8, 4) is 0 Å². The highest BCUT2D eigenvalue weighted by Crippen LogP contribution is 1.69. The Hall–Kier alpha value is 0.440. The molecule has 0 saturated carbocycles. The maximum absolute atomic E-state index is 4.47. The molecule has 1 aliphatic rings. The SMILES string of the molecule is C1CN1.CN[PH+]=S. The molecule has 4 heteroatoms. The van der Waals surface area contributed by atoms with Crippen LogP contribution >= 0.6 is 7.51 Å². The molecular weight excluding hydrogens is 127 g/mol. The summed E-state index contributed by atoms with van der Waals surface area (Å²) in [6.45, 7) is 2.50. The quantitative estimate of drug-likeness (QED) is 0.389. The van der Waals surface area contributed by atoms with Crippen LogP contribution < -0.4 is 10.4 Å². The topological polar surface area (TPSA) is 34.0 Å². The van der Waals surface area contributed by atoms with Gasteiger partial charge in [-0.05, 0) is 0 Å². The van der Waals surface area contributed by atoms with Gasteiger partial charge in [-0.1, -0.05) is 0 Å². The fraction of sp³-hybridized carbons (Fsp3) is 1.00. The van der Waals surface area contributed by atoms with E-state index >= 15 is 0 Å². The van der Waals surface area contributed by atoms with Crippen molar-refractivity contribution in [1.82, 2.24) is 10.4 Å². The van der Waals surface area contributed by atoms with Crippen LogP contribution in [0.1, 0.15) is 0 Å². The van der Waals surface area contributed by atoms with Gasteiger partial charge < -0.3 is 5.32 Å². The van der Waals surface area contributed by atoms with E-state index < -0.39 is 0 Å². The van der Waals surface area contributed by atoms with Crippen LogP contribution in [0.25, 0.3) is 0 Å². The largest absolute Gasteiger partial charge is 0.314 e. The molecule has 1 aliphatic heterocycles. The molecule has 0 spiro atoms. The van der Waals surface area contributed by atoms with E-state index in [4.69, 9.17) is 0 Å². The maximum Gasteiger partial charge on any atom is 0.249 e. The Morgan fingerprint density at radius 2 is 2.00 bits per heavy atom. The molecule has 1 fully saturated rings. The summed E-state index contributed by atoms with van der Waals surface area (Å²) in [5.41, 5.74) is 0. The lowest BCUT2D eigenvalue weighted by molar-refractivity contribution is 1.30. The van der Waals surface area contributed by atoms with E-state index in [9.17, 15) is 0 Å². The first-order valence-corrected chi connectivity index (χ1v) is 4.29. The number of hydrogen-bond donors (Lipinski definition) is 2. The summed E-state index contributed by atoms with van der Waals surface area (Å²) < 4.78 is 0. The van der Waals surface area contributed by atoms with Crippen molar-refractivity contribution in [3.63, 3.8) is 0 Å². The normalized spacial score (nSPS) is 15.0. The zero-order valence-corrected chi connectivity index (χ0v) is 6.14. The highest BCUT2D eigenvalue weighted by atomic mass is 32.4. The molecule has 1 atom stereocenters. The third-order valence-corrected chi connectivity index (χ3v) is 1.17. The Morgan fingerprint density at radius 3 is 2.00 bits per heavy atom. The molecule has 0 aromatic rings. The van der Waals surface area contributed by atoms with Crippen molar-refractivity contribution >= 4 is 19.3 Å². The van der Waals surface area contributed by atoms with E-state index in [0.29, 0.717) is 7.51 Å². The predicted octanol–water partition coefficient (Wildman–Crippen LogP) is -0.149. The van der Waals surface area contributed by atoms with Gasteiger partial charge in [-0.3, -0.25) is 0 Å². The highest BCUT2D eigenvalue weighted by molar-refractivity contribution is 7.95. The summed E-state index contributed by atoms with van der Waals surface area (Å²) in [5, 5.41) is 5.77. The zero-order chi connectivity index (χ0) is 5.54. The average Bonchev–Trinajstić information content (AvgIpc) is 2.47.